The zero-order valence-electron chi connectivity index (χ0n) is 22.8. The maximum Gasteiger partial charge on any atom is 0.350 e. The minimum atomic E-state index is -0.673. The molecule has 3 aromatic rings. The highest BCUT2D eigenvalue weighted by Crippen LogP contribution is 2.44. The molecule has 0 saturated carbocycles. The predicted octanol–water partition coefficient (Wildman–Crippen LogP) is 3.71. The van der Waals surface area contributed by atoms with E-state index in [-0.39, 0.29) is 36.2 Å². The highest BCUT2D eigenvalue weighted by atomic mass is 32.2. The number of piperazine rings is 1. The lowest BCUT2D eigenvalue weighted by Gasteiger charge is -2.44. The van der Waals surface area contributed by atoms with Crippen LogP contribution in [-0.2, 0) is 16.1 Å². The Balaban J connectivity index is 1.72. The number of aromatic nitrogens is 2. The van der Waals surface area contributed by atoms with E-state index in [0.29, 0.717) is 48.9 Å². The number of anilines is 1. The fourth-order valence-corrected chi connectivity index (χ4v) is 7.23. The highest BCUT2D eigenvalue weighted by Gasteiger charge is 2.35. The molecule has 5 rings (SSSR count). The van der Waals surface area contributed by atoms with Crippen LogP contribution < -0.4 is 16.3 Å². The number of nitrogens with two attached hydrogens (primary N) is 1. The van der Waals surface area contributed by atoms with Crippen LogP contribution in [0.1, 0.15) is 19.4 Å². The van der Waals surface area contributed by atoms with E-state index >= 15 is 4.39 Å². The van der Waals surface area contributed by atoms with E-state index in [1.165, 1.54) is 30.0 Å². The summed E-state index contributed by atoms with van der Waals surface area (Å²) < 4.78 is 36.5. The third kappa shape index (κ3) is 5.02. The van der Waals surface area contributed by atoms with Crippen molar-refractivity contribution < 1.29 is 18.3 Å². The number of aryl methyl sites for hydroxylation is 1. The quantitative estimate of drug-likeness (QED) is 0.453. The van der Waals surface area contributed by atoms with Crippen LogP contribution in [0.3, 0.4) is 0 Å². The summed E-state index contributed by atoms with van der Waals surface area (Å²) in [6.07, 6.45) is 1.01. The minimum absolute atomic E-state index is 0.136. The molecule has 11 heteroatoms. The molecular weight excluding hydrogens is 536 g/mol. The summed E-state index contributed by atoms with van der Waals surface area (Å²) in [4.78, 5) is 35.3. The van der Waals surface area contributed by atoms with Gasteiger partial charge in [-0.3, -0.25) is 9.36 Å². The van der Waals surface area contributed by atoms with E-state index in [1.54, 1.807) is 9.47 Å². The molecule has 8 nitrogen and oxygen atoms in total. The first-order chi connectivity index (χ1) is 19.1. The molecule has 0 spiro atoms. The number of nitrogens with zero attached hydrogens (tertiary/aromatic N) is 4. The Morgan fingerprint density at radius 3 is 2.60 bits per heavy atom. The molecule has 1 saturated heterocycles. The average Bonchev–Trinajstić information content (AvgIpc) is 3.10. The van der Waals surface area contributed by atoms with E-state index < -0.39 is 17.3 Å². The van der Waals surface area contributed by atoms with Gasteiger partial charge in [-0.1, -0.05) is 6.58 Å². The van der Waals surface area contributed by atoms with Crippen molar-refractivity contribution in [2.75, 3.05) is 36.9 Å². The molecule has 3 atom stereocenters. The molecule has 0 aliphatic carbocycles. The van der Waals surface area contributed by atoms with Crippen molar-refractivity contribution in [2.45, 2.75) is 50.4 Å². The summed E-state index contributed by atoms with van der Waals surface area (Å²) in [5.74, 6) is -0.426. The van der Waals surface area contributed by atoms with Crippen molar-refractivity contribution in [3.63, 3.8) is 0 Å². The van der Waals surface area contributed by atoms with Crippen molar-refractivity contribution in [2.24, 2.45) is 5.73 Å². The third-order valence-corrected chi connectivity index (χ3v) is 8.74. The molecule has 212 valence electrons. The number of carbonyl (C=O) groups is 1. The van der Waals surface area contributed by atoms with Gasteiger partial charge < -0.3 is 20.3 Å². The Morgan fingerprint density at radius 2 is 1.95 bits per heavy atom. The van der Waals surface area contributed by atoms with Crippen LogP contribution in [0.2, 0.25) is 0 Å². The molecule has 1 amide bonds. The minimum Gasteiger partial charge on any atom is -0.374 e. The van der Waals surface area contributed by atoms with Gasteiger partial charge in [-0.2, -0.15) is 4.98 Å². The van der Waals surface area contributed by atoms with Crippen LogP contribution in [0, 0.1) is 18.6 Å². The van der Waals surface area contributed by atoms with Gasteiger partial charge in [-0.25, -0.2) is 13.6 Å². The first-order valence-electron chi connectivity index (χ1n) is 13.3. The Labute approximate surface area is 235 Å². The predicted molar refractivity (Wildman–Crippen MR) is 154 cm³/mol. The van der Waals surface area contributed by atoms with E-state index in [1.807, 2.05) is 31.7 Å². The van der Waals surface area contributed by atoms with Crippen molar-refractivity contribution >= 4 is 34.4 Å². The zero-order valence-corrected chi connectivity index (χ0v) is 23.6. The van der Waals surface area contributed by atoms with Gasteiger partial charge in [-0.15, -0.1) is 11.8 Å². The fraction of sp³-hybridized carbons (Fsp3) is 0.414. The number of amides is 1. The lowest BCUT2D eigenvalue weighted by atomic mass is 9.97. The number of benzene rings is 2. The summed E-state index contributed by atoms with van der Waals surface area (Å²) >= 11 is 1.49. The van der Waals surface area contributed by atoms with E-state index in [9.17, 15) is 14.0 Å². The molecule has 1 aromatic heterocycles. The molecule has 2 aliphatic heterocycles. The molecule has 1 fully saturated rings. The number of halogens is 2. The fourth-order valence-electron chi connectivity index (χ4n) is 5.90. The lowest BCUT2D eigenvalue weighted by molar-refractivity contribution is -0.130. The van der Waals surface area contributed by atoms with E-state index in [2.05, 4.69) is 11.6 Å². The molecule has 2 aromatic carbocycles. The van der Waals surface area contributed by atoms with E-state index in [0.717, 1.165) is 21.9 Å². The number of hydrogen-bond acceptors (Lipinski definition) is 7. The number of hydrogen-bond donors (Lipinski definition) is 1. The normalized spacial score (nSPS) is 21.0. The second-order valence-corrected chi connectivity index (χ2v) is 11.4. The van der Waals surface area contributed by atoms with Gasteiger partial charge in [0.2, 0.25) is 5.91 Å². The van der Waals surface area contributed by atoms with Crippen LogP contribution in [-0.4, -0.2) is 70.5 Å². The number of rotatable bonds is 6. The van der Waals surface area contributed by atoms with Crippen LogP contribution in [0.25, 0.3) is 22.0 Å². The molecule has 2 aliphatic rings. The van der Waals surface area contributed by atoms with Gasteiger partial charge in [0, 0.05) is 64.9 Å². The van der Waals surface area contributed by atoms with Gasteiger partial charge in [0.25, 0.3) is 0 Å². The monoisotopic (exact) mass is 569 g/mol. The molecule has 2 N–H and O–H groups in total. The molecule has 3 heterocycles. The SMILES string of the molecule is C=CC(=O)N1[C@H](C)CN(c2nc(=O)n3c4c(c(-c5ccc(F)cc5F)c(C)cc24)SCC(OCCN)C3)C[C@@H]1C. The van der Waals surface area contributed by atoms with Crippen molar-refractivity contribution in [1.29, 1.82) is 0 Å². The van der Waals surface area contributed by atoms with Gasteiger partial charge in [0.1, 0.15) is 17.5 Å². The Kier molecular flexibility index (Phi) is 7.98. The highest BCUT2D eigenvalue weighted by molar-refractivity contribution is 7.99. The largest absolute Gasteiger partial charge is 0.374 e. The van der Waals surface area contributed by atoms with Gasteiger partial charge in [0.15, 0.2) is 0 Å². The molecule has 1 unspecified atom stereocenters. The zero-order chi connectivity index (χ0) is 28.7. The maximum absolute atomic E-state index is 15.1. The lowest BCUT2D eigenvalue weighted by Crippen LogP contribution is -2.58. The summed E-state index contributed by atoms with van der Waals surface area (Å²) in [6.45, 7) is 11.3. The van der Waals surface area contributed by atoms with Crippen molar-refractivity contribution in [1.82, 2.24) is 14.5 Å². The summed E-state index contributed by atoms with van der Waals surface area (Å²) in [6, 6.07) is 5.20. The number of thioether (sulfide) groups is 1. The second kappa shape index (κ2) is 11.3. The average molecular weight is 570 g/mol. The molecule has 40 heavy (non-hydrogen) atoms. The topological polar surface area (TPSA) is 93.7 Å². The third-order valence-electron chi connectivity index (χ3n) is 7.51. The first kappa shape index (κ1) is 28.3. The number of carbonyl (C=O) groups excluding carboxylic acids is 1. The van der Waals surface area contributed by atoms with Crippen LogP contribution in [0.4, 0.5) is 14.6 Å². The Hall–Kier alpha value is -3.28. The maximum atomic E-state index is 15.1. The second-order valence-electron chi connectivity index (χ2n) is 10.4. The van der Waals surface area contributed by atoms with E-state index in [4.69, 9.17) is 10.5 Å². The summed E-state index contributed by atoms with van der Waals surface area (Å²) in [5.41, 5.74) is 7.53. The van der Waals surface area contributed by atoms with Gasteiger partial charge >= 0.3 is 5.69 Å². The van der Waals surface area contributed by atoms with Gasteiger partial charge in [-0.05, 0) is 50.6 Å². The summed E-state index contributed by atoms with van der Waals surface area (Å²) in [7, 11) is 0. The van der Waals surface area contributed by atoms with Crippen LogP contribution in [0.5, 0.6) is 0 Å². The van der Waals surface area contributed by atoms with Crippen LogP contribution >= 0.6 is 11.8 Å². The molecule has 0 bridgehead atoms. The molecule has 0 radical (unpaired) electrons. The van der Waals surface area contributed by atoms with Gasteiger partial charge in [0.05, 0.1) is 24.8 Å². The summed E-state index contributed by atoms with van der Waals surface area (Å²) in [5, 5.41) is 0.758. The Bertz CT molecular complexity index is 1530. The molecular formula is C29H33F2N5O3S. The Morgan fingerprint density at radius 1 is 1.23 bits per heavy atom. The smallest absolute Gasteiger partial charge is 0.350 e. The standard InChI is InChI=1S/C29H33F2N5O3S/c1-5-24(37)36-17(3)12-34(13-18(36)4)28-22-10-16(2)25(21-7-6-19(30)11-23(21)31)27-26(22)35(29(38)33-28)14-20(15-40-27)39-9-8-32/h5-7,10-11,17-18,20H,1,8-9,12-15,32H2,2-4H3/t17-,18+,20?. The van der Waals surface area contributed by atoms with Crippen molar-refractivity contribution in [3.05, 3.63) is 64.6 Å². The van der Waals surface area contributed by atoms with Crippen molar-refractivity contribution in [3.8, 4) is 11.1 Å². The van der Waals surface area contributed by atoms with Crippen LogP contribution in [0.15, 0.2) is 46.6 Å². The first-order valence-corrected chi connectivity index (χ1v) is 14.3. The number of ether oxygens (including phenoxy) is 1.